The fraction of sp³-hybridized carbons (Fsp3) is 0.435. The van der Waals surface area contributed by atoms with Crippen LogP contribution < -0.4 is 29.7 Å². The second-order valence-corrected chi connectivity index (χ2v) is 6.75. The van der Waals surface area contributed by atoms with Crippen molar-refractivity contribution in [3.05, 3.63) is 47.5 Å². The van der Waals surface area contributed by atoms with E-state index in [-0.39, 0.29) is 0 Å². The Hall–Kier alpha value is -3.09. The molecule has 0 bridgehead atoms. The molecule has 0 aliphatic carbocycles. The van der Waals surface area contributed by atoms with Gasteiger partial charge in [0, 0.05) is 38.9 Å². The van der Waals surface area contributed by atoms with E-state index in [2.05, 4.69) is 58.6 Å². The fourth-order valence-corrected chi connectivity index (χ4v) is 3.32. The monoisotopic (exact) mass is 414 g/mol. The summed E-state index contributed by atoms with van der Waals surface area (Å²) in [6, 6.07) is 12.3. The number of rotatable bonds is 10. The highest BCUT2D eigenvalue weighted by Crippen LogP contribution is 2.38. The first kappa shape index (κ1) is 23.2. The van der Waals surface area contributed by atoms with Crippen molar-refractivity contribution in [2.75, 3.05) is 52.9 Å². The number of aliphatic imine (C=N–C) groups is 1. The van der Waals surface area contributed by atoms with E-state index in [1.807, 2.05) is 12.1 Å². The number of hydrogen-bond donors (Lipinski definition) is 2. The van der Waals surface area contributed by atoms with E-state index in [1.54, 1.807) is 28.4 Å². The lowest BCUT2D eigenvalue weighted by Crippen LogP contribution is -2.41. The number of ether oxygens (including phenoxy) is 3. The highest BCUT2D eigenvalue weighted by atomic mass is 16.5. The second-order valence-electron chi connectivity index (χ2n) is 6.75. The SMILES string of the molecule is CCN(CCNC(=NC)NCc1cc(OC)c(OC)c(OC)c1)c1ccccc1C. The average molecular weight is 415 g/mol. The Balaban J connectivity index is 1.94. The molecule has 0 aliphatic heterocycles. The first-order chi connectivity index (χ1) is 14.6. The number of nitrogens with one attached hydrogen (secondary N) is 2. The maximum absolute atomic E-state index is 5.42. The Labute approximate surface area is 180 Å². The molecule has 0 radical (unpaired) electrons. The highest BCUT2D eigenvalue weighted by molar-refractivity contribution is 5.79. The van der Waals surface area contributed by atoms with Crippen molar-refractivity contribution in [2.24, 2.45) is 4.99 Å². The molecule has 7 nitrogen and oxygen atoms in total. The molecule has 0 aromatic heterocycles. The first-order valence-corrected chi connectivity index (χ1v) is 10.1. The predicted molar refractivity (Wildman–Crippen MR) is 123 cm³/mol. The number of nitrogens with zero attached hydrogens (tertiary/aromatic N) is 2. The number of benzene rings is 2. The van der Waals surface area contributed by atoms with E-state index >= 15 is 0 Å². The fourth-order valence-electron chi connectivity index (χ4n) is 3.32. The molecule has 0 atom stereocenters. The van der Waals surface area contributed by atoms with Crippen LogP contribution in [0.3, 0.4) is 0 Å². The standard InChI is InChI=1S/C23H34N4O3/c1-7-27(19-11-9-8-10-17(19)2)13-12-25-23(24-3)26-16-18-14-20(28-4)22(30-6)21(15-18)29-5/h8-11,14-15H,7,12-13,16H2,1-6H3,(H2,24,25,26). The van der Waals surface area contributed by atoms with Crippen molar-refractivity contribution >= 4 is 11.6 Å². The number of para-hydroxylation sites is 1. The highest BCUT2D eigenvalue weighted by Gasteiger charge is 2.13. The lowest BCUT2D eigenvalue weighted by atomic mass is 10.2. The zero-order chi connectivity index (χ0) is 21.9. The van der Waals surface area contributed by atoms with Crippen LogP contribution in [0.5, 0.6) is 17.2 Å². The van der Waals surface area contributed by atoms with E-state index in [0.29, 0.717) is 23.8 Å². The molecule has 7 heteroatoms. The van der Waals surface area contributed by atoms with Gasteiger partial charge >= 0.3 is 0 Å². The molecule has 0 amide bonds. The Bertz CT molecular complexity index is 814. The smallest absolute Gasteiger partial charge is 0.203 e. The molecule has 0 fully saturated rings. The number of hydrogen-bond acceptors (Lipinski definition) is 5. The third-order valence-corrected chi connectivity index (χ3v) is 4.92. The van der Waals surface area contributed by atoms with Gasteiger partial charge in [0.05, 0.1) is 21.3 Å². The maximum Gasteiger partial charge on any atom is 0.203 e. The summed E-state index contributed by atoms with van der Waals surface area (Å²) in [6.07, 6.45) is 0. The van der Waals surface area contributed by atoms with E-state index in [9.17, 15) is 0 Å². The van der Waals surface area contributed by atoms with Crippen molar-refractivity contribution in [2.45, 2.75) is 20.4 Å². The first-order valence-electron chi connectivity index (χ1n) is 10.1. The van der Waals surface area contributed by atoms with Gasteiger partial charge in [-0.25, -0.2) is 0 Å². The van der Waals surface area contributed by atoms with Gasteiger partial charge in [0.25, 0.3) is 0 Å². The van der Waals surface area contributed by atoms with Gasteiger partial charge in [-0.15, -0.1) is 0 Å². The molecule has 164 valence electrons. The van der Waals surface area contributed by atoms with Crippen molar-refractivity contribution in [1.82, 2.24) is 10.6 Å². The Morgan fingerprint density at radius 1 is 1.00 bits per heavy atom. The lowest BCUT2D eigenvalue weighted by Gasteiger charge is -2.25. The van der Waals surface area contributed by atoms with Crippen LogP contribution in [0.4, 0.5) is 5.69 Å². The van der Waals surface area contributed by atoms with Crippen molar-refractivity contribution in [1.29, 1.82) is 0 Å². The largest absolute Gasteiger partial charge is 0.493 e. The molecule has 0 unspecified atom stereocenters. The van der Waals surface area contributed by atoms with Crippen LogP contribution in [0.25, 0.3) is 0 Å². The summed E-state index contributed by atoms with van der Waals surface area (Å²) in [7, 11) is 6.59. The van der Waals surface area contributed by atoms with Gasteiger partial charge in [-0.2, -0.15) is 0 Å². The van der Waals surface area contributed by atoms with E-state index < -0.39 is 0 Å². The van der Waals surface area contributed by atoms with Gasteiger partial charge in [0.15, 0.2) is 17.5 Å². The number of likely N-dealkylation sites (N-methyl/N-ethyl adjacent to an activating group) is 1. The molecular formula is C23H34N4O3. The van der Waals surface area contributed by atoms with Crippen LogP contribution in [-0.2, 0) is 6.54 Å². The molecule has 2 aromatic rings. The van der Waals surface area contributed by atoms with E-state index in [1.165, 1.54) is 11.3 Å². The minimum absolute atomic E-state index is 0.575. The van der Waals surface area contributed by atoms with Crippen molar-refractivity contribution in [3.63, 3.8) is 0 Å². The molecular weight excluding hydrogens is 380 g/mol. The summed E-state index contributed by atoms with van der Waals surface area (Å²) in [5, 5.41) is 6.72. The average Bonchev–Trinajstić information content (AvgIpc) is 2.78. The zero-order valence-corrected chi connectivity index (χ0v) is 18.9. The van der Waals surface area contributed by atoms with Gasteiger partial charge in [-0.05, 0) is 43.2 Å². The summed E-state index contributed by atoms with van der Waals surface area (Å²) in [5.74, 6) is 2.59. The summed E-state index contributed by atoms with van der Waals surface area (Å²) < 4.78 is 16.2. The summed E-state index contributed by atoms with van der Waals surface area (Å²) >= 11 is 0. The van der Waals surface area contributed by atoms with E-state index in [0.717, 1.165) is 31.2 Å². The van der Waals surface area contributed by atoms with Crippen LogP contribution in [0.15, 0.2) is 41.4 Å². The normalized spacial score (nSPS) is 11.1. The second kappa shape index (κ2) is 11.8. The zero-order valence-electron chi connectivity index (χ0n) is 18.9. The summed E-state index contributed by atoms with van der Waals surface area (Å²) in [5.41, 5.74) is 3.55. The molecule has 2 N–H and O–H groups in total. The van der Waals surface area contributed by atoms with E-state index in [4.69, 9.17) is 14.2 Å². The quantitative estimate of drug-likeness (QED) is 0.460. The number of guanidine groups is 1. The van der Waals surface area contributed by atoms with Gasteiger partial charge in [-0.1, -0.05) is 18.2 Å². The van der Waals surface area contributed by atoms with Crippen molar-refractivity contribution < 1.29 is 14.2 Å². The Morgan fingerprint density at radius 3 is 2.20 bits per heavy atom. The third-order valence-electron chi connectivity index (χ3n) is 4.92. The Kier molecular flexibility index (Phi) is 9.12. The van der Waals surface area contributed by atoms with Crippen molar-refractivity contribution in [3.8, 4) is 17.2 Å². The third kappa shape index (κ3) is 5.95. The van der Waals surface area contributed by atoms with Crippen LogP contribution >= 0.6 is 0 Å². The van der Waals surface area contributed by atoms with Crippen LogP contribution in [0, 0.1) is 6.92 Å². The Morgan fingerprint density at radius 2 is 1.67 bits per heavy atom. The summed E-state index contributed by atoms with van der Waals surface area (Å²) in [6.45, 7) is 7.49. The molecule has 0 spiro atoms. The minimum atomic E-state index is 0.575. The molecule has 0 aliphatic rings. The predicted octanol–water partition coefficient (Wildman–Crippen LogP) is 3.21. The molecule has 2 rings (SSSR count). The van der Waals surface area contributed by atoms with Gasteiger partial charge in [0.2, 0.25) is 5.75 Å². The topological polar surface area (TPSA) is 67.4 Å². The van der Waals surface area contributed by atoms with Gasteiger partial charge in [0.1, 0.15) is 0 Å². The number of aryl methyl sites for hydroxylation is 1. The molecule has 0 heterocycles. The summed E-state index contributed by atoms with van der Waals surface area (Å²) in [4.78, 5) is 6.68. The molecule has 2 aromatic carbocycles. The lowest BCUT2D eigenvalue weighted by molar-refractivity contribution is 0.323. The molecule has 30 heavy (non-hydrogen) atoms. The minimum Gasteiger partial charge on any atom is -0.493 e. The van der Waals surface area contributed by atoms with Crippen LogP contribution in [0.2, 0.25) is 0 Å². The van der Waals surface area contributed by atoms with Crippen LogP contribution in [0.1, 0.15) is 18.1 Å². The molecule has 0 saturated heterocycles. The van der Waals surface area contributed by atoms with Gasteiger partial charge in [-0.3, -0.25) is 4.99 Å². The molecule has 0 saturated carbocycles. The van der Waals surface area contributed by atoms with Gasteiger partial charge < -0.3 is 29.7 Å². The maximum atomic E-state index is 5.42. The number of methoxy groups -OCH3 is 3. The van der Waals surface area contributed by atoms with Crippen LogP contribution in [-0.4, -0.2) is 54.0 Å². The number of anilines is 1.